The summed E-state index contributed by atoms with van der Waals surface area (Å²) in [6, 6.07) is 0. The molecule has 23 heavy (non-hydrogen) atoms. The van der Waals surface area contributed by atoms with Crippen molar-refractivity contribution in [3.05, 3.63) is 12.2 Å². The average molecular weight is 326 g/mol. The van der Waals surface area contributed by atoms with Gasteiger partial charge in [-0.3, -0.25) is 4.99 Å². The van der Waals surface area contributed by atoms with Gasteiger partial charge in [0.25, 0.3) is 0 Å². The molecule has 8 heteroatoms. The summed E-state index contributed by atoms with van der Waals surface area (Å²) in [5.41, 5.74) is 0. The predicted octanol–water partition coefficient (Wildman–Crippen LogP) is 0.0406. The van der Waals surface area contributed by atoms with Crippen molar-refractivity contribution in [1.82, 2.24) is 25.4 Å². The van der Waals surface area contributed by atoms with Crippen molar-refractivity contribution in [1.29, 1.82) is 0 Å². The molecule has 0 unspecified atom stereocenters. The number of rotatable bonds is 11. The van der Waals surface area contributed by atoms with Gasteiger partial charge < -0.3 is 25.0 Å². The maximum absolute atomic E-state index is 8.68. The van der Waals surface area contributed by atoms with Crippen LogP contribution in [0, 0.1) is 5.92 Å². The van der Waals surface area contributed by atoms with E-state index in [9.17, 15) is 0 Å². The molecule has 1 aromatic rings. The van der Waals surface area contributed by atoms with Crippen LogP contribution in [0.4, 0.5) is 0 Å². The number of guanidine groups is 1. The van der Waals surface area contributed by atoms with E-state index in [4.69, 9.17) is 9.84 Å². The lowest BCUT2D eigenvalue weighted by atomic mass is 10.2. The van der Waals surface area contributed by atoms with E-state index in [2.05, 4.69) is 46.6 Å². The van der Waals surface area contributed by atoms with Crippen LogP contribution in [0.3, 0.4) is 0 Å². The molecule has 0 atom stereocenters. The summed E-state index contributed by atoms with van der Waals surface area (Å²) in [7, 11) is 0. The number of aliphatic imine (C=N–C) groups is 1. The van der Waals surface area contributed by atoms with E-state index >= 15 is 0 Å². The van der Waals surface area contributed by atoms with Gasteiger partial charge in [0.2, 0.25) is 0 Å². The highest BCUT2D eigenvalue weighted by Crippen LogP contribution is 1.95. The van der Waals surface area contributed by atoms with Crippen molar-refractivity contribution in [2.24, 2.45) is 10.9 Å². The molecule has 132 valence electrons. The molecule has 1 rings (SSSR count). The number of hydrogen-bond donors (Lipinski definition) is 3. The summed E-state index contributed by atoms with van der Waals surface area (Å²) < 4.78 is 7.28. The fourth-order valence-corrected chi connectivity index (χ4v) is 1.89. The SMILES string of the molecule is CCc1nncn1CCNC(=NCC(C)C)NCCOCCO. The van der Waals surface area contributed by atoms with Gasteiger partial charge in [0.05, 0.1) is 19.8 Å². The molecule has 8 nitrogen and oxygen atoms in total. The predicted molar refractivity (Wildman–Crippen MR) is 90.5 cm³/mol. The molecule has 0 aliphatic rings. The summed E-state index contributed by atoms with van der Waals surface area (Å²) in [5, 5.41) is 23.2. The molecular formula is C15H30N6O2. The summed E-state index contributed by atoms with van der Waals surface area (Å²) in [6.07, 6.45) is 2.62. The van der Waals surface area contributed by atoms with Crippen LogP contribution in [0.25, 0.3) is 0 Å². The Morgan fingerprint density at radius 2 is 2.13 bits per heavy atom. The summed E-state index contributed by atoms with van der Waals surface area (Å²) in [4.78, 5) is 4.55. The maximum atomic E-state index is 8.68. The fraction of sp³-hybridized carbons (Fsp3) is 0.800. The second-order valence-corrected chi connectivity index (χ2v) is 5.57. The quantitative estimate of drug-likeness (QED) is 0.302. The van der Waals surface area contributed by atoms with Gasteiger partial charge in [-0.05, 0) is 5.92 Å². The van der Waals surface area contributed by atoms with Crippen molar-refractivity contribution in [3.8, 4) is 0 Å². The zero-order chi connectivity index (χ0) is 16.9. The molecule has 0 saturated carbocycles. The van der Waals surface area contributed by atoms with Crippen molar-refractivity contribution in [3.63, 3.8) is 0 Å². The van der Waals surface area contributed by atoms with E-state index in [-0.39, 0.29) is 6.61 Å². The van der Waals surface area contributed by atoms with Crippen LogP contribution in [0.5, 0.6) is 0 Å². The third-order valence-electron chi connectivity index (χ3n) is 3.05. The van der Waals surface area contributed by atoms with Crippen molar-refractivity contribution >= 4 is 5.96 Å². The molecule has 0 radical (unpaired) electrons. The lowest BCUT2D eigenvalue weighted by Gasteiger charge is -2.14. The normalized spacial score (nSPS) is 12.0. The minimum Gasteiger partial charge on any atom is -0.394 e. The molecule has 3 N–H and O–H groups in total. The molecule has 0 fully saturated rings. The van der Waals surface area contributed by atoms with E-state index < -0.39 is 0 Å². The maximum Gasteiger partial charge on any atom is 0.191 e. The minimum absolute atomic E-state index is 0.0469. The summed E-state index contributed by atoms with van der Waals surface area (Å²) in [5.74, 6) is 2.26. The zero-order valence-electron chi connectivity index (χ0n) is 14.5. The van der Waals surface area contributed by atoms with Crippen LogP contribution >= 0.6 is 0 Å². The Bertz CT molecular complexity index is 447. The van der Waals surface area contributed by atoms with E-state index in [0.717, 1.165) is 37.8 Å². The Kier molecular flexibility index (Phi) is 9.97. The van der Waals surface area contributed by atoms with E-state index in [1.165, 1.54) is 0 Å². The Morgan fingerprint density at radius 1 is 1.35 bits per heavy atom. The number of ether oxygens (including phenoxy) is 1. The molecular weight excluding hydrogens is 296 g/mol. The van der Waals surface area contributed by atoms with Crippen LogP contribution in [0.15, 0.2) is 11.3 Å². The average Bonchev–Trinajstić information content (AvgIpc) is 2.99. The van der Waals surface area contributed by atoms with Gasteiger partial charge in [0.15, 0.2) is 5.96 Å². The zero-order valence-corrected chi connectivity index (χ0v) is 14.5. The Balaban J connectivity index is 2.38. The van der Waals surface area contributed by atoms with Gasteiger partial charge in [-0.15, -0.1) is 10.2 Å². The van der Waals surface area contributed by atoms with Gasteiger partial charge in [-0.2, -0.15) is 0 Å². The monoisotopic (exact) mass is 326 g/mol. The van der Waals surface area contributed by atoms with Gasteiger partial charge >= 0.3 is 0 Å². The highest BCUT2D eigenvalue weighted by atomic mass is 16.5. The number of nitrogens with zero attached hydrogens (tertiary/aromatic N) is 4. The van der Waals surface area contributed by atoms with Crippen molar-refractivity contribution in [2.75, 3.05) is 39.5 Å². The van der Waals surface area contributed by atoms with Crippen LogP contribution in [-0.4, -0.2) is 65.3 Å². The first kappa shape index (κ1) is 19.4. The summed E-state index contributed by atoms with van der Waals surface area (Å²) >= 11 is 0. The van der Waals surface area contributed by atoms with Gasteiger partial charge in [-0.25, -0.2) is 0 Å². The summed E-state index contributed by atoms with van der Waals surface area (Å²) in [6.45, 7) is 10.2. The van der Waals surface area contributed by atoms with Gasteiger partial charge in [-0.1, -0.05) is 20.8 Å². The number of aliphatic hydroxyl groups excluding tert-OH is 1. The molecule has 0 aliphatic heterocycles. The van der Waals surface area contributed by atoms with Crippen molar-refractivity contribution in [2.45, 2.75) is 33.7 Å². The standard InChI is InChI=1S/C15H30N6O2/c1-4-14-20-19-12-21(14)7-5-16-15(18-11-13(2)3)17-6-9-23-10-8-22/h12-13,22H,4-11H2,1-3H3,(H2,16,17,18). The molecule has 1 heterocycles. The highest BCUT2D eigenvalue weighted by molar-refractivity contribution is 5.79. The molecule has 0 spiro atoms. The molecule has 0 aromatic carbocycles. The Hall–Kier alpha value is -1.67. The Labute approximate surface area is 138 Å². The number of aliphatic hydroxyl groups is 1. The van der Waals surface area contributed by atoms with Crippen LogP contribution in [0.1, 0.15) is 26.6 Å². The van der Waals surface area contributed by atoms with Gasteiger partial charge in [0, 0.05) is 32.6 Å². The van der Waals surface area contributed by atoms with E-state index in [0.29, 0.717) is 25.7 Å². The minimum atomic E-state index is 0.0469. The largest absolute Gasteiger partial charge is 0.394 e. The topological polar surface area (TPSA) is 96.6 Å². The Morgan fingerprint density at radius 3 is 2.83 bits per heavy atom. The molecule has 0 amide bonds. The molecule has 0 saturated heterocycles. The van der Waals surface area contributed by atoms with Crippen LogP contribution < -0.4 is 10.6 Å². The number of hydrogen-bond acceptors (Lipinski definition) is 5. The van der Waals surface area contributed by atoms with E-state index in [1.54, 1.807) is 6.33 Å². The first-order valence-electron chi connectivity index (χ1n) is 8.24. The van der Waals surface area contributed by atoms with E-state index in [1.807, 2.05) is 4.57 Å². The third-order valence-corrected chi connectivity index (χ3v) is 3.05. The molecule has 0 aliphatic carbocycles. The van der Waals surface area contributed by atoms with Crippen molar-refractivity contribution < 1.29 is 9.84 Å². The first-order valence-corrected chi connectivity index (χ1v) is 8.24. The number of aromatic nitrogens is 3. The lowest BCUT2D eigenvalue weighted by Crippen LogP contribution is -2.40. The lowest BCUT2D eigenvalue weighted by molar-refractivity contribution is 0.0957. The highest BCUT2D eigenvalue weighted by Gasteiger charge is 2.03. The second kappa shape index (κ2) is 11.8. The number of aryl methyl sites for hydroxylation is 1. The van der Waals surface area contributed by atoms with Crippen LogP contribution in [0.2, 0.25) is 0 Å². The smallest absolute Gasteiger partial charge is 0.191 e. The molecule has 0 bridgehead atoms. The number of nitrogens with one attached hydrogen (secondary N) is 2. The van der Waals surface area contributed by atoms with Gasteiger partial charge in [0.1, 0.15) is 12.2 Å². The fourth-order valence-electron chi connectivity index (χ4n) is 1.89. The van der Waals surface area contributed by atoms with Crippen LogP contribution in [-0.2, 0) is 17.7 Å². The first-order chi connectivity index (χ1) is 11.2. The third kappa shape index (κ3) is 8.51. The molecule has 1 aromatic heterocycles. The second-order valence-electron chi connectivity index (χ2n) is 5.57.